The maximum absolute atomic E-state index is 11.8. The van der Waals surface area contributed by atoms with Gasteiger partial charge in [0, 0.05) is 6.54 Å². The van der Waals surface area contributed by atoms with E-state index in [1.54, 1.807) is 0 Å². The Morgan fingerprint density at radius 3 is 2.76 bits per heavy atom. The Kier molecular flexibility index (Phi) is 2.89. The first-order valence-corrected chi connectivity index (χ1v) is 5.83. The monoisotopic (exact) mass is 228 g/mol. The fourth-order valence-electron chi connectivity index (χ4n) is 1.85. The molecule has 2 rings (SSSR count). The molecule has 0 aliphatic heterocycles. The molecule has 0 aromatic heterocycles. The minimum atomic E-state index is -0.724. The van der Waals surface area contributed by atoms with Crippen LogP contribution in [0, 0.1) is 30.6 Å². The van der Waals surface area contributed by atoms with Gasteiger partial charge in [0.2, 0.25) is 5.91 Å². The molecule has 0 unspecified atom stereocenters. The molecule has 3 heteroatoms. The van der Waals surface area contributed by atoms with Crippen molar-refractivity contribution in [3.05, 3.63) is 34.9 Å². The number of hydrogen-bond donors (Lipinski definition) is 1. The highest BCUT2D eigenvalue weighted by atomic mass is 16.2. The Balaban J connectivity index is 2.01. The average molecular weight is 228 g/mol. The Morgan fingerprint density at radius 1 is 1.47 bits per heavy atom. The van der Waals surface area contributed by atoms with Gasteiger partial charge in [-0.25, -0.2) is 0 Å². The summed E-state index contributed by atoms with van der Waals surface area (Å²) < 4.78 is 0. The molecule has 1 aliphatic rings. The number of benzene rings is 1. The molecule has 0 atom stereocenters. The standard InChI is InChI=1S/C14H16N2O/c1-10-3-4-11(2)12(7-10)8-16-13(17)14(9-15)5-6-14/h3-4,7H,5-6,8H2,1-2H3,(H,16,17). The lowest BCUT2D eigenvalue weighted by Crippen LogP contribution is -2.30. The minimum Gasteiger partial charge on any atom is -0.351 e. The number of nitriles is 1. The van der Waals surface area contributed by atoms with Crippen molar-refractivity contribution in [2.24, 2.45) is 5.41 Å². The Morgan fingerprint density at radius 2 is 2.18 bits per heavy atom. The van der Waals surface area contributed by atoms with Gasteiger partial charge in [0.15, 0.2) is 0 Å². The third kappa shape index (κ3) is 2.31. The second kappa shape index (κ2) is 4.21. The second-order valence-corrected chi connectivity index (χ2v) is 4.81. The largest absolute Gasteiger partial charge is 0.351 e. The zero-order chi connectivity index (χ0) is 12.5. The van der Waals surface area contributed by atoms with Crippen molar-refractivity contribution in [1.29, 1.82) is 5.26 Å². The zero-order valence-corrected chi connectivity index (χ0v) is 10.2. The van der Waals surface area contributed by atoms with Crippen LogP contribution < -0.4 is 5.32 Å². The quantitative estimate of drug-likeness (QED) is 0.862. The molecule has 0 saturated heterocycles. The summed E-state index contributed by atoms with van der Waals surface area (Å²) >= 11 is 0. The molecule has 1 saturated carbocycles. The van der Waals surface area contributed by atoms with Gasteiger partial charge in [-0.15, -0.1) is 0 Å². The third-order valence-electron chi connectivity index (χ3n) is 3.34. The molecule has 1 fully saturated rings. The van der Waals surface area contributed by atoms with Crippen LogP contribution in [0.5, 0.6) is 0 Å². The first-order chi connectivity index (χ1) is 8.07. The van der Waals surface area contributed by atoms with Crippen LogP contribution in [0.1, 0.15) is 29.5 Å². The maximum atomic E-state index is 11.8. The summed E-state index contributed by atoms with van der Waals surface area (Å²) in [4.78, 5) is 11.8. The van der Waals surface area contributed by atoms with Crippen molar-refractivity contribution in [3.8, 4) is 6.07 Å². The van der Waals surface area contributed by atoms with E-state index >= 15 is 0 Å². The van der Waals surface area contributed by atoms with Gasteiger partial charge in [-0.1, -0.05) is 23.8 Å². The van der Waals surface area contributed by atoms with Crippen LogP contribution in [0.15, 0.2) is 18.2 Å². The molecule has 0 heterocycles. The fraction of sp³-hybridized carbons (Fsp3) is 0.429. The number of amides is 1. The van der Waals surface area contributed by atoms with Crippen LogP contribution in [0.3, 0.4) is 0 Å². The average Bonchev–Trinajstić information content (AvgIpc) is 3.11. The van der Waals surface area contributed by atoms with Crippen LogP contribution in [0.25, 0.3) is 0 Å². The number of hydrogen-bond acceptors (Lipinski definition) is 2. The zero-order valence-electron chi connectivity index (χ0n) is 10.2. The van der Waals surface area contributed by atoms with Gasteiger partial charge in [-0.05, 0) is 37.8 Å². The summed E-state index contributed by atoms with van der Waals surface area (Å²) in [5.74, 6) is -0.124. The van der Waals surface area contributed by atoms with Gasteiger partial charge in [0.25, 0.3) is 0 Å². The van der Waals surface area contributed by atoms with Crippen LogP contribution in [0.2, 0.25) is 0 Å². The summed E-state index contributed by atoms with van der Waals surface area (Å²) in [5, 5.41) is 11.8. The highest BCUT2D eigenvalue weighted by molar-refractivity contribution is 5.88. The van der Waals surface area contributed by atoms with Gasteiger partial charge in [0.1, 0.15) is 5.41 Å². The topological polar surface area (TPSA) is 52.9 Å². The summed E-state index contributed by atoms with van der Waals surface area (Å²) in [5.41, 5.74) is 2.74. The SMILES string of the molecule is Cc1ccc(C)c(CNC(=O)C2(C#N)CC2)c1. The minimum absolute atomic E-state index is 0.124. The second-order valence-electron chi connectivity index (χ2n) is 4.81. The highest BCUT2D eigenvalue weighted by Gasteiger charge is 2.50. The molecule has 0 spiro atoms. The number of nitrogens with zero attached hydrogens (tertiary/aromatic N) is 1. The van der Waals surface area contributed by atoms with E-state index in [-0.39, 0.29) is 5.91 Å². The van der Waals surface area contributed by atoms with E-state index in [4.69, 9.17) is 5.26 Å². The van der Waals surface area contributed by atoms with E-state index in [0.717, 1.165) is 11.1 Å². The van der Waals surface area contributed by atoms with Crippen LogP contribution >= 0.6 is 0 Å². The lowest BCUT2D eigenvalue weighted by atomic mass is 10.0. The van der Waals surface area contributed by atoms with Crippen molar-refractivity contribution in [2.75, 3.05) is 0 Å². The van der Waals surface area contributed by atoms with Gasteiger partial charge >= 0.3 is 0 Å². The third-order valence-corrected chi connectivity index (χ3v) is 3.34. The molecule has 1 aromatic rings. The van der Waals surface area contributed by atoms with Crippen molar-refractivity contribution in [1.82, 2.24) is 5.32 Å². The van der Waals surface area contributed by atoms with Gasteiger partial charge in [-0.2, -0.15) is 5.26 Å². The van der Waals surface area contributed by atoms with Crippen molar-refractivity contribution in [3.63, 3.8) is 0 Å². The molecule has 1 aliphatic carbocycles. The molecular weight excluding hydrogens is 212 g/mol. The lowest BCUT2D eigenvalue weighted by Gasteiger charge is -2.10. The van der Waals surface area contributed by atoms with E-state index in [2.05, 4.69) is 23.5 Å². The number of aryl methyl sites for hydroxylation is 2. The number of rotatable bonds is 3. The Hall–Kier alpha value is -1.82. The maximum Gasteiger partial charge on any atom is 0.240 e. The van der Waals surface area contributed by atoms with Crippen molar-refractivity contribution < 1.29 is 4.79 Å². The smallest absolute Gasteiger partial charge is 0.240 e. The van der Waals surface area contributed by atoms with Gasteiger partial charge in [-0.3, -0.25) is 4.79 Å². The highest BCUT2D eigenvalue weighted by Crippen LogP contribution is 2.45. The first-order valence-electron chi connectivity index (χ1n) is 5.83. The molecule has 88 valence electrons. The van der Waals surface area contributed by atoms with Gasteiger partial charge < -0.3 is 5.32 Å². The molecule has 1 aromatic carbocycles. The normalized spacial score (nSPS) is 16.1. The van der Waals surface area contributed by atoms with Crippen molar-refractivity contribution >= 4 is 5.91 Å². The molecular formula is C14H16N2O. The summed E-state index contributed by atoms with van der Waals surface area (Å²) in [6.45, 7) is 4.57. The molecule has 1 amide bonds. The number of carbonyl (C=O) groups excluding carboxylic acids is 1. The van der Waals surface area contributed by atoms with E-state index in [1.807, 2.05) is 19.9 Å². The summed E-state index contributed by atoms with van der Waals surface area (Å²) in [6.07, 6.45) is 1.39. The molecule has 0 bridgehead atoms. The van der Waals surface area contributed by atoms with Crippen LogP contribution in [-0.4, -0.2) is 5.91 Å². The van der Waals surface area contributed by atoms with Crippen molar-refractivity contribution in [2.45, 2.75) is 33.2 Å². The summed E-state index contributed by atoms with van der Waals surface area (Å²) in [7, 11) is 0. The lowest BCUT2D eigenvalue weighted by molar-refractivity contribution is -0.124. The van der Waals surface area contributed by atoms with E-state index < -0.39 is 5.41 Å². The molecule has 3 nitrogen and oxygen atoms in total. The first kappa shape index (κ1) is 11.7. The molecule has 0 radical (unpaired) electrons. The van der Waals surface area contributed by atoms with Crippen LogP contribution in [-0.2, 0) is 11.3 Å². The predicted octanol–water partition coefficient (Wildman–Crippen LogP) is 2.22. The molecule has 17 heavy (non-hydrogen) atoms. The summed E-state index contributed by atoms with van der Waals surface area (Å²) in [6, 6.07) is 8.28. The van der Waals surface area contributed by atoms with E-state index in [1.165, 1.54) is 5.56 Å². The fourth-order valence-corrected chi connectivity index (χ4v) is 1.85. The Bertz CT molecular complexity index is 495. The number of carbonyl (C=O) groups is 1. The number of nitrogens with one attached hydrogen (secondary N) is 1. The van der Waals surface area contributed by atoms with Crippen LogP contribution in [0.4, 0.5) is 0 Å². The van der Waals surface area contributed by atoms with Gasteiger partial charge in [0.05, 0.1) is 6.07 Å². The Labute approximate surface area is 101 Å². The van der Waals surface area contributed by atoms with E-state index in [0.29, 0.717) is 19.4 Å². The predicted molar refractivity (Wildman–Crippen MR) is 65.0 cm³/mol. The van der Waals surface area contributed by atoms with E-state index in [9.17, 15) is 4.79 Å². The molecule has 1 N–H and O–H groups in total.